The van der Waals surface area contributed by atoms with Crippen LogP contribution in [0.25, 0.3) is 0 Å². The number of carboxylic acid groups (broad SMARTS) is 1. The van der Waals surface area contributed by atoms with Crippen molar-refractivity contribution >= 4 is 11.9 Å². The van der Waals surface area contributed by atoms with Crippen molar-refractivity contribution in [3.05, 3.63) is 34.9 Å². The molecule has 0 fully saturated rings. The van der Waals surface area contributed by atoms with Crippen LogP contribution in [0.4, 0.5) is 8.78 Å². The van der Waals surface area contributed by atoms with E-state index in [0.717, 1.165) is 0 Å². The summed E-state index contributed by atoms with van der Waals surface area (Å²) in [5, 5.41) is 28.1. The molecule has 6 nitrogen and oxygen atoms in total. The maximum absolute atomic E-state index is 13.6. The van der Waals surface area contributed by atoms with Crippen LogP contribution in [0.2, 0.25) is 0 Å². The number of benzene rings is 1. The molecule has 3 N–H and O–H groups in total. The van der Waals surface area contributed by atoms with Crippen LogP contribution in [0.1, 0.15) is 35.4 Å². The van der Waals surface area contributed by atoms with E-state index in [1.807, 2.05) is 0 Å². The third-order valence-electron chi connectivity index (χ3n) is 2.68. The van der Waals surface area contributed by atoms with Gasteiger partial charge in [-0.05, 0) is 13.0 Å². The largest absolute Gasteiger partial charge is 0.478 e. The normalized spacial score (nSPS) is 13.6. The smallest absolute Gasteiger partial charge is 0.338 e. The molecule has 0 radical (unpaired) electrons. The molecule has 0 aliphatic carbocycles. The number of aliphatic hydroxyl groups excluding tert-OH is 2. The summed E-state index contributed by atoms with van der Waals surface area (Å²) >= 11 is 0. The number of carboxylic acids is 1. The minimum absolute atomic E-state index is 0.0652. The summed E-state index contributed by atoms with van der Waals surface area (Å²) in [6.45, 7) is 1.61. The van der Waals surface area contributed by atoms with Gasteiger partial charge in [-0.2, -0.15) is 0 Å². The lowest BCUT2D eigenvalue weighted by atomic mass is 9.99. The van der Waals surface area contributed by atoms with Gasteiger partial charge in [0.2, 0.25) is 0 Å². The lowest BCUT2D eigenvalue weighted by molar-refractivity contribution is -0.147. The van der Waals surface area contributed by atoms with Crippen molar-refractivity contribution in [2.24, 2.45) is 0 Å². The topological polar surface area (TPSA) is 104 Å². The Morgan fingerprint density at radius 1 is 1.24 bits per heavy atom. The van der Waals surface area contributed by atoms with Crippen molar-refractivity contribution in [1.82, 2.24) is 0 Å². The van der Waals surface area contributed by atoms with E-state index in [-0.39, 0.29) is 6.61 Å². The number of hydrogen-bond donors (Lipinski definition) is 3. The number of aromatic carboxylic acids is 1. The maximum atomic E-state index is 13.6. The van der Waals surface area contributed by atoms with Crippen LogP contribution in [0.5, 0.6) is 0 Å². The molecule has 2 unspecified atom stereocenters. The van der Waals surface area contributed by atoms with E-state index in [4.69, 9.17) is 5.11 Å². The van der Waals surface area contributed by atoms with Gasteiger partial charge in [0.15, 0.2) is 0 Å². The molecule has 0 aromatic heterocycles. The van der Waals surface area contributed by atoms with Gasteiger partial charge in [0, 0.05) is 11.6 Å². The van der Waals surface area contributed by atoms with Crippen molar-refractivity contribution in [1.29, 1.82) is 0 Å². The number of ether oxygens (including phenoxy) is 1. The number of rotatable bonds is 6. The van der Waals surface area contributed by atoms with E-state index in [9.17, 15) is 28.6 Å². The molecule has 0 aliphatic heterocycles. The van der Waals surface area contributed by atoms with Gasteiger partial charge in [-0.1, -0.05) is 0 Å². The zero-order valence-electron chi connectivity index (χ0n) is 11.0. The molecule has 0 saturated carbocycles. The van der Waals surface area contributed by atoms with Crippen LogP contribution in [0.3, 0.4) is 0 Å². The standard InChI is InChI=1S/C13H14F2O6/c1-2-21-11(17)5-10(16)12(18)6-3-7(13(19)20)9(15)4-8(6)14/h3-4,10,12,16,18H,2,5H2,1H3,(H,19,20). The van der Waals surface area contributed by atoms with Gasteiger partial charge in [0.1, 0.15) is 17.7 Å². The van der Waals surface area contributed by atoms with Gasteiger partial charge < -0.3 is 20.1 Å². The fourth-order valence-corrected chi connectivity index (χ4v) is 1.67. The zero-order valence-corrected chi connectivity index (χ0v) is 11.0. The predicted octanol–water partition coefficient (Wildman–Crippen LogP) is 1.01. The van der Waals surface area contributed by atoms with Crippen LogP contribution in [-0.2, 0) is 9.53 Å². The molecular formula is C13H14F2O6. The number of esters is 1. The van der Waals surface area contributed by atoms with Crippen LogP contribution in [0, 0.1) is 11.6 Å². The minimum Gasteiger partial charge on any atom is -0.478 e. The summed E-state index contributed by atoms with van der Waals surface area (Å²) in [5.41, 5.74) is -1.47. The molecular weight excluding hydrogens is 290 g/mol. The second-order valence-corrected chi connectivity index (χ2v) is 4.18. The summed E-state index contributed by atoms with van der Waals surface area (Å²) in [6, 6.07) is 0.866. The first-order valence-corrected chi connectivity index (χ1v) is 6.01. The highest BCUT2D eigenvalue weighted by molar-refractivity contribution is 5.88. The lowest BCUT2D eigenvalue weighted by Crippen LogP contribution is -2.24. The van der Waals surface area contributed by atoms with Crippen LogP contribution in [0.15, 0.2) is 12.1 Å². The second-order valence-electron chi connectivity index (χ2n) is 4.18. The van der Waals surface area contributed by atoms with Gasteiger partial charge in [0.25, 0.3) is 0 Å². The second kappa shape index (κ2) is 7.09. The molecule has 0 aliphatic rings. The average molecular weight is 304 g/mol. The Morgan fingerprint density at radius 3 is 2.38 bits per heavy atom. The Bertz CT molecular complexity index is 546. The first-order chi connectivity index (χ1) is 9.77. The molecule has 0 spiro atoms. The number of aliphatic hydroxyl groups is 2. The molecule has 1 aromatic carbocycles. The number of halogens is 2. The number of carbonyl (C=O) groups is 2. The Kier molecular flexibility index (Phi) is 5.74. The summed E-state index contributed by atoms with van der Waals surface area (Å²) < 4.78 is 31.3. The molecule has 8 heteroatoms. The van der Waals surface area contributed by atoms with E-state index in [0.29, 0.717) is 12.1 Å². The number of hydrogen-bond acceptors (Lipinski definition) is 5. The van der Waals surface area contributed by atoms with Crippen molar-refractivity contribution in [3.63, 3.8) is 0 Å². The highest BCUT2D eigenvalue weighted by Gasteiger charge is 2.27. The van der Waals surface area contributed by atoms with E-state index in [1.54, 1.807) is 6.92 Å². The molecule has 0 bridgehead atoms. The predicted molar refractivity (Wildman–Crippen MR) is 65.5 cm³/mol. The fourth-order valence-electron chi connectivity index (χ4n) is 1.67. The van der Waals surface area contributed by atoms with Crippen molar-refractivity contribution in [2.75, 3.05) is 6.61 Å². The third-order valence-corrected chi connectivity index (χ3v) is 2.68. The average Bonchev–Trinajstić information content (AvgIpc) is 2.37. The molecule has 0 amide bonds. The molecule has 116 valence electrons. The summed E-state index contributed by atoms with van der Waals surface area (Å²) in [7, 11) is 0. The third kappa shape index (κ3) is 4.20. The first kappa shape index (κ1) is 17.0. The van der Waals surface area contributed by atoms with Crippen LogP contribution in [-0.4, -0.2) is 40.0 Å². The molecule has 0 saturated heterocycles. The molecule has 1 rings (SSSR count). The molecule has 1 aromatic rings. The summed E-state index contributed by atoms with van der Waals surface area (Å²) in [5.74, 6) is -5.00. The minimum atomic E-state index is -1.90. The van der Waals surface area contributed by atoms with Crippen LogP contribution < -0.4 is 0 Å². The van der Waals surface area contributed by atoms with Crippen molar-refractivity contribution in [2.45, 2.75) is 25.6 Å². The number of carbonyl (C=O) groups excluding carboxylic acids is 1. The van der Waals surface area contributed by atoms with Gasteiger partial charge in [-0.3, -0.25) is 4.79 Å². The van der Waals surface area contributed by atoms with E-state index >= 15 is 0 Å². The zero-order chi connectivity index (χ0) is 16.2. The van der Waals surface area contributed by atoms with Gasteiger partial charge in [-0.15, -0.1) is 0 Å². The fraction of sp³-hybridized carbons (Fsp3) is 0.385. The highest BCUT2D eigenvalue weighted by atomic mass is 19.1. The SMILES string of the molecule is CCOC(=O)CC(O)C(O)c1cc(C(=O)O)c(F)cc1F. The Morgan fingerprint density at radius 2 is 1.86 bits per heavy atom. The van der Waals surface area contributed by atoms with Gasteiger partial charge in [-0.25, -0.2) is 13.6 Å². The maximum Gasteiger partial charge on any atom is 0.338 e. The van der Waals surface area contributed by atoms with E-state index in [2.05, 4.69) is 4.74 Å². The lowest BCUT2D eigenvalue weighted by Gasteiger charge is -2.18. The molecule has 0 heterocycles. The molecule has 21 heavy (non-hydrogen) atoms. The Balaban J connectivity index is 3.01. The van der Waals surface area contributed by atoms with Crippen molar-refractivity contribution in [3.8, 4) is 0 Å². The Hall–Kier alpha value is -2.06. The highest BCUT2D eigenvalue weighted by Crippen LogP contribution is 2.25. The monoisotopic (exact) mass is 304 g/mol. The van der Waals surface area contributed by atoms with E-state index < -0.39 is 53.3 Å². The quantitative estimate of drug-likeness (QED) is 0.678. The summed E-state index contributed by atoms with van der Waals surface area (Å²) in [4.78, 5) is 21.9. The van der Waals surface area contributed by atoms with E-state index in [1.165, 1.54) is 0 Å². The Labute approximate surface area is 118 Å². The van der Waals surface area contributed by atoms with Gasteiger partial charge in [0.05, 0.1) is 24.7 Å². The van der Waals surface area contributed by atoms with Crippen LogP contribution >= 0.6 is 0 Å². The molecule has 2 atom stereocenters. The van der Waals surface area contributed by atoms with Gasteiger partial charge >= 0.3 is 11.9 Å². The summed E-state index contributed by atoms with van der Waals surface area (Å²) in [6.07, 6.45) is -4.23. The first-order valence-electron chi connectivity index (χ1n) is 6.01. The van der Waals surface area contributed by atoms with Crippen molar-refractivity contribution < 1.29 is 38.4 Å².